The molecule has 2 amide bonds. The normalized spacial score (nSPS) is 11.5. The maximum absolute atomic E-state index is 13.5. The van der Waals surface area contributed by atoms with Crippen LogP contribution in [0, 0.1) is 13.8 Å². The molecule has 0 fully saturated rings. The molecule has 3 aromatic rings. The van der Waals surface area contributed by atoms with Gasteiger partial charge >= 0.3 is 0 Å². The highest BCUT2D eigenvalue weighted by Crippen LogP contribution is 2.23. The van der Waals surface area contributed by atoms with Crippen LogP contribution in [0.1, 0.15) is 22.3 Å². The van der Waals surface area contributed by atoms with Gasteiger partial charge in [0.25, 0.3) is 5.91 Å². The fourth-order valence-corrected chi connectivity index (χ4v) is 3.83. The van der Waals surface area contributed by atoms with E-state index in [1.807, 2.05) is 80.6 Å². The van der Waals surface area contributed by atoms with E-state index in [0.717, 1.165) is 22.3 Å². The molecule has 5 nitrogen and oxygen atoms in total. The Morgan fingerprint density at radius 1 is 0.970 bits per heavy atom. The Bertz CT molecular complexity index is 1100. The second-order valence-corrected chi connectivity index (χ2v) is 8.33. The number of nitrogens with zero attached hydrogens (tertiary/aromatic N) is 1. The Kier molecular flexibility index (Phi) is 8.50. The van der Waals surface area contributed by atoms with Crippen molar-refractivity contribution in [2.75, 3.05) is 13.7 Å². The number of hydrogen-bond acceptors (Lipinski definition) is 3. The SMILES string of the molecule is CNC(=O)[C@@H](Cc1ccccc1)N(Cc1ccccc1Cl)C(=O)COc1cccc(C)c1C. The molecule has 0 aliphatic carbocycles. The van der Waals surface area contributed by atoms with E-state index >= 15 is 0 Å². The molecule has 0 saturated carbocycles. The van der Waals surface area contributed by atoms with Crippen LogP contribution < -0.4 is 10.1 Å². The summed E-state index contributed by atoms with van der Waals surface area (Å²) in [6.07, 6.45) is 0.375. The van der Waals surface area contributed by atoms with Crippen LogP contribution in [0.5, 0.6) is 5.75 Å². The van der Waals surface area contributed by atoms with Gasteiger partial charge in [0.15, 0.2) is 6.61 Å². The summed E-state index contributed by atoms with van der Waals surface area (Å²) in [7, 11) is 1.57. The number of likely N-dealkylation sites (N-methyl/N-ethyl adjacent to an activating group) is 1. The van der Waals surface area contributed by atoms with Crippen molar-refractivity contribution in [2.24, 2.45) is 0 Å². The van der Waals surface area contributed by atoms with E-state index in [0.29, 0.717) is 17.2 Å². The van der Waals surface area contributed by atoms with Crippen molar-refractivity contribution in [3.8, 4) is 5.75 Å². The summed E-state index contributed by atoms with van der Waals surface area (Å²) in [4.78, 5) is 27.9. The van der Waals surface area contributed by atoms with Crippen LogP contribution in [-0.4, -0.2) is 36.4 Å². The molecule has 3 rings (SSSR count). The van der Waals surface area contributed by atoms with Gasteiger partial charge in [-0.3, -0.25) is 9.59 Å². The zero-order chi connectivity index (χ0) is 23.8. The van der Waals surface area contributed by atoms with Crippen molar-refractivity contribution in [3.05, 3.63) is 100 Å². The number of ether oxygens (including phenoxy) is 1. The number of carbonyl (C=O) groups is 2. The fraction of sp³-hybridized carbons (Fsp3) is 0.259. The number of halogens is 1. The molecule has 0 spiro atoms. The van der Waals surface area contributed by atoms with Gasteiger partial charge in [-0.2, -0.15) is 0 Å². The fourth-order valence-electron chi connectivity index (χ4n) is 3.63. The smallest absolute Gasteiger partial charge is 0.261 e. The third-order valence-electron chi connectivity index (χ3n) is 5.72. The van der Waals surface area contributed by atoms with E-state index in [4.69, 9.17) is 16.3 Å². The number of nitrogens with one attached hydrogen (secondary N) is 1. The minimum Gasteiger partial charge on any atom is -0.483 e. The minimum absolute atomic E-state index is 0.184. The predicted molar refractivity (Wildman–Crippen MR) is 131 cm³/mol. The van der Waals surface area contributed by atoms with E-state index in [2.05, 4.69) is 5.32 Å². The molecule has 0 aromatic heterocycles. The lowest BCUT2D eigenvalue weighted by Gasteiger charge is -2.31. The van der Waals surface area contributed by atoms with E-state index in [1.165, 1.54) is 0 Å². The number of benzene rings is 3. The Hall–Kier alpha value is -3.31. The summed E-state index contributed by atoms with van der Waals surface area (Å²) >= 11 is 6.39. The van der Waals surface area contributed by atoms with Crippen LogP contribution in [0.25, 0.3) is 0 Å². The molecule has 1 N–H and O–H groups in total. The van der Waals surface area contributed by atoms with Crippen molar-refractivity contribution in [3.63, 3.8) is 0 Å². The van der Waals surface area contributed by atoms with Gasteiger partial charge in [0.1, 0.15) is 11.8 Å². The second kappa shape index (κ2) is 11.5. The first-order valence-electron chi connectivity index (χ1n) is 10.9. The van der Waals surface area contributed by atoms with Gasteiger partial charge in [-0.1, -0.05) is 72.3 Å². The molecule has 0 radical (unpaired) electrons. The van der Waals surface area contributed by atoms with E-state index < -0.39 is 6.04 Å². The molecule has 0 aliphatic rings. The lowest BCUT2D eigenvalue weighted by atomic mass is 10.0. The van der Waals surface area contributed by atoms with Crippen molar-refractivity contribution < 1.29 is 14.3 Å². The molecular formula is C27H29ClN2O3. The molecule has 0 aliphatic heterocycles. The van der Waals surface area contributed by atoms with Crippen LogP contribution in [0.15, 0.2) is 72.8 Å². The quantitative estimate of drug-likeness (QED) is 0.498. The zero-order valence-corrected chi connectivity index (χ0v) is 19.9. The summed E-state index contributed by atoms with van der Waals surface area (Å²) in [5.41, 5.74) is 3.79. The lowest BCUT2D eigenvalue weighted by molar-refractivity contribution is -0.142. The third-order valence-corrected chi connectivity index (χ3v) is 6.09. The molecule has 0 bridgehead atoms. The van der Waals surface area contributed by atoms with Gasteiger partial charge in [-0.15, -0.1) is 0 Å². The molecule has 3 aromatic carbocycles. The Labute approximate surface area is 200 Å². The predicted octanol–water partition coefficient (Wildman–Crippen LogP) is 4.72. The summed E-state index contributed by atoms with van der Waals surface area (Å²) < 4.78 is 5.89. The van der Waals surface area contributed by atoms with Gasteiger partial charge in [0.05, 0.1) is 0 Å². The van der Waals surface area contributed by atoms with E-state index in [-0.39, 0.29) is 25.0 Å². The maximum atomic E-state index is 13.5. The molecule has 0 saturated heterocycles. The van der Waals surface area contributed by atoms with Crippen LogP contribution in [-0.2, 0) is 22.6 Å². The highest BCUT2D eigenvalue weighted by Gasteiger charge is 2.30. The molecule has 0 unspecified atom stereocenters. The first kappa shape index (κ1) is 24.3. The first-order valence-corrected chi connectivity index (χ1v) is 11.3. The van der Waals surface area contributed by atoms with Crippen molar-refractivity contribution in [1.82, 2.24) is 10.2 Å². The third kappa shape index (κ3) is 6.36. The van der Waals surface area contributed by atoms with Gasteiger partial charge in [-0.05, 0) is 48.2 Å². The number of rotatable bonds is 9. The van der Waals surface area contributed by atoms with E-state index in [9.17, 15) is 9.59 Å². The zero-order valence-electron chi connectivity index (χ0n) is 19.2. The summed E-state index contributed by atoms with van der Waals surface area (Å²) in [6, 6.07) is 22.0. The molecule has 172 valence electrons. The van der Waals surface area contributed by atoms with Crippen LogP contribution in [0.4, 0.5) is 0 Å². The molecule has 6 heteroatoms. The number of aryl methyl sites for hydroxylation is 1. The number of carbonyl (C=O) groups excluding carboxylic acids is 2. The summed E-state index contributed by atoms with van der Waals surface area (Å²) in [6.45, 7) is 3.96. The standard InChI is InChI=1S/C27H29ClN2O3/c1-19-10-9-15-25(20(19)2)33-18-26(31)30(17-22-13-7-8-14-23(22)28)24(27(32)29-3)16-21-11-5-4-6-12-21/h4-15,24H,16-18H2,1-3H3,(H,29,32)/t24-/m1/s1. The van der Waals surface area contributed by atoms with Crippen molar-refractivity contribution in [1.29, 1.82) is 0 Å². The molecule has 0 heterocycles. The highest BCUT2D eigenvalue weighted by molar-refractivity contribution is 6.31. The van der Waals surface area contributed by atoms with Gasteiger partial charge in [0.2, 0.25) is 5.91 Å². The Morgan fingerprint density at radius 2 is 1.67 bits per heavy atom. The number of amides is 2. The van der Waals surface area contributed by atoms with Crippen LogP contribution >= 0.6 is 11.6 Å². The van der Waals surface area contributed by atoms with Crippen molar-refractivity contribution in [2.45, 2.75) is 32.9 Å². The molecular weight excluding hydrogens is 436 g/mol. The lowest BCUT2D eigenvalue weighted by Crippen LogP contribution is -2.51. The maximum Gasteiger partial charge on any atom is 0.261 e. The largest absolute Gasteiger partial charge is 0.483 e. The van der Waals surface area contributed by atoms with Gasteiger partial charge < -0.3 is 15.0 Å². The number of hydrogen-bond donors (Lipinski definition) is 1. The van der Waals surface area contributed by atoms with E-state index in [1.54, 1.807) is 18.0 Å². The van der Waals surface area contributed by atoms with Gasteiger partial charge in [-0.25, -0.2) is 0 Å². The first-order chi connectivity index (χ1) is 15.9. The molecule has 1 atom stereocenters. The van der Waals surface area contributed by atoms with Crippen LogP contribution in [0.2, 0.25) is 5.02 Å². The summed E-state index contributed by atoms with van der Waals surface area (Å²) in [5, 5.41) is 3.25. The summed E-state index contributed by atoms with van der Waals surface area (Å²) in [5.74, 6) is 0.118. The highest BCUT2D eigenvalue weighted by atomic mass is 35.5. The average Bonchev–Trinajstić information content (AvgIpc) is 2.83. The van der Waals surface area contributed by atoms with Crippen LogP contribution in [0.3, 0.4) is 0 Å². The monoisotopic (exact) mass is 464 g/mol. The second-order valence-electron chi connectivity index (χ2n) is 7.92. The average molecular weight is 465 g/mol. The molecule has 33 heavy (non-hydrogen) atoms. The Morgan fingerprint density at radius 3 is 2.36 bits per heavy atom. The van der Waals surface area contributed by atoms with Gasteiger partial charge in [0, 0.05) is 25.0 Å². The minimum atomic E-state index is -0.719. The topological polar surface area (TPSA) is 58.6 Å². The Balaban J connectivity index is 1.90. The van der Waals surface area contributed by atoms with Crippen molar-refractivity contribution >= 4 is 23.4 Å².